The number of aromatic nitrogens is 2. The minimum absolute atomic E-state index is 0.238. The number of halogens is 1. The van der Waals surface area contributed by atoms with Crippen molar-refractivity contribution in [2.75, 3.05) is 6.61 Å². The summed E-state index contributed by atoms with van der Waals surface area (Å²) in [4.78, 5) is 0. The fourth-order valence-corrected chi connectivity index (χ4v) is 4.10. The third-order valence-electron chi connectivity index (χ3n) is 4.89. The standard InChI is InChI=1S/C14H15ClN2O2/c15-7-1-12(10-5-16-17-13(10)2-7)14(19)3-8-9(4-14)11(8)6-18/h1-2,5,8-9,11,18-19H,3-4,6H2,(H,16,17)/t8-,9+,11?,14-. The molecule has 19 heavy (non-hydrogen) atoms. The van der Waals surface area contributed by atoms with Gasteiger partial charge >= 0.3 is 0 Å². The summed E-state index contributed by atoms with van der Waals surface area (Å²) < 4.78 is 0. The van der Waals surface area contributed by atoms with Crippen LogP contribution in [0.1, 0.15) is 18.4 Å². The van der Waals surface area contributed by atoms with Crippen molar-refractivity contribution in [1.82, 2.24) is 10.2 Å². The molecule has 0 amide bonds. The molecule has 2 aromatic rings. The summed E-state index contributed by atoms with van der Waals surface area (Å²) in [6.07, 6.45) is 3.17. The fraction of sp³-hybridized carbons (Fsp3) is 0.500. The van der Waals surface area contributed by atoms with Crippen molar-refractivity contribution >= 4 is 22.5 Å². The maximum absolute atomic E-state index is 10.9. The summed E-state index contributed by atoms with van der Waals surface area (Å²) >= 11 is 6.13. The molecule has 2 aliphatic rings. The highest BCUT2D eigenvalue weighted by atomic mass is 35.5. The quantitative estimate of drug-likeness (QED) is 0.787. The third-order valence-corrected chi connectivity index (χ3v) is 5.11. The van der Waals surface area contributed by atoms with Crippen LogP contribution in [0.5, 0.6) is 0 Å². The molecule has 2 fully saturated rings. The number of fused-ring (bicyclic) bond motifs is 2. The first-order chi connectivity index (χ1) is 9.12. The van der Waals surface area contributed by atoms with Gasteiger partial charge in [-0.1, -0.05) is 11.6 Å². The Labute approximate surface area is 115 Å². The summed E-state index contributed by atoms with van der Waals surface area (Å²) in [7, 11) is 0. The van der Waals surface area contributed by atoms with E-state index in [9.17, 15) is 10.2 Å². The molecule has 1 heterocycles. The highest BCUT2D eigenvalue weighted by Crippen LogP contribution is 2.63. The highest BCUT2D eigenvalue weighted by Gasteiger charge is 2.61. The van der Waals surface area contributed by atoms with Crippen LogP contribution in [-0.2, 0) is 5.60 Å². The number of rotatable bonds is 2. The number of nitrogens with one attached hydrogen (secondary N) is 1. The van der Waals surface area contributed by atoms with Gasteiger partial charge in [0.15, 0.2) is 0 Å². The molecule has 1 aromatic heterocycles. The zero-order valence-corrected chi connectivity index (χ0v) is 11.1. The molecular formula is C14H15ClN2O2. The zero-order chi connectivity index (χ0) is 13.2. The van der Waals surface area contributed by atoms with Crippen molar-refractivity contribution in [2.24, 2.45) is 17.8 Å². The van der Waals surface area contributed by atoms with Crippen LogP contribution in [-0.4, -0.2) is 27.0 Å². The molecule has 5 heteroatoms. The number of hydrogen-bond donors (Lipinski definition) is 3. The van der Waals surface area contributed by atoms with E-state index in [0.29, 0.717) is 35.6 Å². The van der Waals surface area contributed by atoms with Crippen LogP contribution in [0.3, 0.4) is 0 Å². The van der Waals surface area contributed by atoms with Crippen LogP contribution >= 0.6 is 11.6 Å². The lowest BCUT2D eigenvalue weighted by Crippen LogP contribution is -2.25. The monoisotopic (exact) mass is 278 g/mol. The number of hydrogen-bond acceptors (Lipinski definition) is 3. The number of aliphatic hydroxyl groups excluding tert-OH is 1. The van der Waals surface area contributed by atoms with Gasteiger partial charge in [0.05, 0.1) is 17.3 Å². The number of aromatic amines is 1. The Hall–Kier alpha value is -1.10. The SMILES string of the molecule is OCC1[C@H]2C[C@@](O)(c3cc(Cl)cc4[nH]ncc34)C[C@@H]12. The molecule has 2 saturated carbocycles. The number of H-pyrrole nitrogens is 1. The number of nitrogens with zero attached hydrogens (tertiary/aromatic N) is 1. The van der Waals surface area contributed by atoms with E-state index in [-0.39, 0.29) is 6.61 Å². The predicted molar refractivity (Wildman–Crippen MR) is 71.8 cm³/mol. The van der Waals surface area contributed by atoms with Crippen molar-refractivity contribution in [2.45, 2.75) is 18.4 Å². The summed E-state index contributed by atoms with van der Waals surface area (Å²) in [6.45, 7) is 0.238. The number of aliphatic hydroxyl groups is 2. The first kappa shape index (κ1) is 11.7. The summed E-state index contributed by atoms with van der Waals surface area (Å²) in [6, 6.07) is 3.67. The molecule has 4 nitrogen and oxygen atoms in total. The van der Waals surface area contributed by atoms with E-state index in [2.05, 4.69) is 10.2 Å². The lowest BCUT2D eigenvalue weighted by Gasteiger charge is -2.27. The van der Waals surface area contributed by atoms with Crippen LogP contribution < -0.4 is 0 Å². The van der Waals surface area contributed by atoms with Gasteiger partial charge in [-0.15, -0.1) is 0 Å². The van der Waals surface area contributed by atoms with E-state index in [4.69, 9.17) is 11.6 Å². The van der Waals surface area contributed by atoms with Crippen molar-refractivity contribution in [3.63, 3.8) is 0 Å². The van der Waals surface area contributed by atoms with Crippen molar-refractivity contribution < 1.29 is 10.2 Å². The Bertz CT molecular complexity index is 642. The van der Waals surface area contributed by atoms with Gasteiger partial charge in [-0.2, -0.15) is 5.10 Å². The predicted octanol–water partition coefficient (Wildman–Crippen LogP) is 2.05. The van der Waals surface area contributed by atoms with E-state index >= 15 is 0 Å². The van der Waals surface area contributed by atoms with E-state index in [0.717, 1.165) is 16.5 Å². The van der Waals surface area contributed by atoms with Crippen molar-refractivity contribution in [1.29, 1.82) is 0 Å². The molecule has 0 aliphatic heterocycles. The smallest absolute Gasteiger partial charge is 0.0909 e. The van der Waals surface area contributed by atoms with Crippen molar-refractivity contribution in [3.8, 4) is 0 Å². The average Bonchev–Trinajstić information content (AvgIpc) is 2.78. The van der Waals surface area contributed by atoms with Gasteiger partial charge < -0.3 is 10.2 Å². The van der Waals surface area contributed by atoms with Gasteiger partial charge in [-0.25, -0.2) is 0 Å². The van der Waals surface area contributed by atoms with Crippen LogP contribution in [0.25, 0.3) is 10.9 Å². The normalized spacial score (nSPS) is 36.7. The topological polar surface area (TPSA) is 69.1 Å². The van der Waals surface area contributed by atoms with Gasteiger partial charge in [-0.05, 0) is 48.3 Å². The van der Waals surface area contributed by atoms with E-state index < -0.39 is 5.60 Å². The Morgan fingerprint density at radius 3 is 2.79 bits per heavy atom. The zero-order valence-electron chi connectivity index (χ0n) is 10.3. The van der Waals surface area contributed by atoms with Gasteiger partial charge in [0.2, 0.25) is 0 Å². The minimum atomic E-state index is -0.825. The number of benzene rings is 1. The lowest BCUT2D eigenvalue weighted by atomic mass is 9.85. The van der Waals surface area contributed by atoms with Crippen LogP contribution in [0.2, 0.25) is 5.02 Å². The Balaban J connectivity index is 1.77. The molecule has 2 aliphatic carbocycles. The first-order valence-electron chi connectivity index (χ1n) is 6.59. The molecule has 0 bridgehead atoms. The van der Waals surface area contributed by atoms with Crippen LogP contribution in [0, 0.1) is 17.8 Å². The maximum Gasteiger partial charge on any atom is 0.0909 e. The van der Waals surface area contributed by atoms with E-state index in [1.54, 1.807) is 6.20 Å². The lowest BCUT2D eigenvalue weighted by molar-refractivity contribution is 0.0242. The summed E-state index contributed by atoms with van der Waals surface area (Å²) in [5.74, 6) is 1.30. The highest BCUT2D eigenvalue weighted by molar-refractivity contribution is 6.31. The average molecular weight is 279 g/mol. The largest absolute Gasteiger partial charge is 0.396 e. The van der Waals surface area contributed by atoms with E-state index in [1.165, 1.54) is 0 Å². The van der Waals surface area contributed by atoms with E-state index in [1.807, 2.05) is 12.1 Å². The second kappa shape index (κ2) is 3.72. The third kappa shape index (κ3) is 1.57. The molecule has 1 unspecified atom stereocenters. The van der Waals surface area contributed by atoms with Crippen LogP contribution in [0.15, 0.2) is 18.3 Å². The van der Waals surface area contributed by atoms with Gasteiger partial charge in [0.1, 0.15) is 0 Å². The molecule has 1 aromatic carbocycles. The molecule has 0 radical (unpaired) electrons. The molecule has 100 valence electrons. The molecule has 4 atom stereocenters. The second-order valence-corrected chi connectivity index (χ2v) is 6.33. The van der Waals surface area contributed by atoms with Gasteiger partial charge in [-0.3, -0.25) is 5.10 Å². The van der Waals surface area contributed by atoms with Gasteiger partial charge in [0, 0.05) is 17.0 Å². The Kier molecular flexibility index (Phi) is 2.29. The first-order valence-corrected chi connectivity index (χ1v) is 6.96. The molecule has 0 spiro atoms. The fourth-order valence-electron chi connectivity index (χ4n) is 3.88. The Morgan fingerprint density at radius 2 is 2.11 bits per heavy atom. The Morgan fingerprint density at radius 1 is 1.37 bits per heavy atom. The van der Waals surface area contributed by atoms with Crippen molar-refractivity contribution in [3.05, 3.63) is 28.9 Å². The molecule has 0 saturated heterocycles. The van der Waals surface area contributed by atoms with Crippen LogP contribution in [0.4, 0.5) is 0 Å². The molecule has 4 rings (SSSR count). The summed E-state index contributed by atoms with van der Waals surface area (Å²) in [5, 5.41) is 28.6. The second-order valence-electron chi connectivity index (χ2n) is 5.90. The maximum atomic E-state index is 10.9. The van der Waals surface area contributed by atoms with Gasteiger partial charge in [0.25, 0.3) is 0 Å². The summed E-state index contributed by atoms with van der Waals surface area (Å²) in [5.41, 5.74) is 0.899. The minimum Gasteiger partial charge on any atom is -0.396 e. The molecule has 3 N–H and O–H groups in total. The molecular weight excluding hydrogens is 264 g/mol.